The van der Waals surface area contributed by atoms with Gasteiger partial charge in [0.25, 0.3) is 0 Å². The van der Waals surface area contributed by atoms with E-state index in [4.69, 9.17) is 20.6 Å². The van der Waals surface area contributed by atoms with Crippen molar-refractivity contribution < 1.29 is 9.47 Å². The number of methoxy groups -OCH3 is 2. The molecule has 0 aliphatic carbocycles. The minimum absolute atomic E-state index is 0.0336. The fraction of sp³-hybridized carbons (Fsp3) is 0.143. The van der Waals surface area contributed by atoms with E-state index in [0.717, 1.165) is 4.68 Å². The Hall–Kier alpha value is -4.74. The molecule has 0 fully saturated rings. The van der Waals surface area contributed by atoms with Crippen LogP contribution in [0, 0.1) is 5.41 Å². The lowest BCUT2D eigenvalue weighted by Gasteiger charge is -2.19. The molecule has 0 aliphatic rings. The molecule has 5 N–H and O–H groups in total. The lowest BCUT2D eigenvalue weighted by molar-refractivity contribution is 0.363. The monoisotopic (exact) mass is 447 g/mol. The predicted octanol–water partition coefficient (Wildman–Crippen LogP) is 1.25. The zero-order valence-electron chi connectivity index (χ0n) is 17.8. The van der Waals surface area contributed by atoms with Crippen molar-refractivity contribution in [1.82, 2.24) is 29.7 Å². The highest BCUT2D eigenvalue weighted by atomic mass is 16.5. The SMILES string of the molecule is COc1cc(C(Nc2ccc(C(=N)N)cc2)c2nn(-c3cnccn3)c(=O)[nH]2)cc(OC)n1. The Balaban J connectivity index is 1.80. The lowest BCUT2D eigenvalue weighted by atomic mass is 10.1. The van der Waals surface area contributed by atoms with Crippen LogP contribution >= 0.6 is 0 Å². The van der Waals surface area contributed by atoms with Crippen molar-refractivity contribution in [3.63, 3.8) is 0 Å². The average molecular weight is 447 g/mol. The number of H-pyrrole nitrogens is 1. The summed E-state index contributed by atoms with van der Waals surface area (Å²) in [6, 6.07) is 9.79. The maximum Gasteiger partial charge on any atom is 0.349 e. The number of nitrogens with one attached hydrogen (secondary N) is 3. The molecule has 0 radical (unpaired) electrons. The molecule has 4 rings (SSSR count). The van der Waals surface area contributed by atoms with Crippen LogP contribution in [0.2, 0.25) is 0 Å². The van der Waals surface area contributed by atoms with Gasteiger partial charge in [0.05, 0.1) is 20.4 Å². The van der Waals surface area contributed by atoms with E-state index in [1.54, 1.807) is 36.4 Å². The molecule has 3 aromatic heterocycles. The van der Waals surface area contributed by atoms with E-state index in [-0.39, 0.29) is 11.7 Å². The average Bonchev–Trinajstić information content (AvgIpc) is 3.24. The van der Waals surface area contributed by atoms with Crippen LogP contribution < -0.4 is 26.2 Å². The third-order valence-corrected chi connectivity index (χ3v) is 4.73. The van der Waals surface area contributed by atoms with E-state index in [2.05, 4.69) is 30.4 Å². The Morgan fingerprint density at radius 3 is 2.42 bits per heavy atom. The summed E-state index contributed by atoms with van der Waals surface area (Å²) in [6.07, 6.45) is 4.42. The number of ether oxygens (including phenoxy) is 2. The first-order chi connectivity index (χ1) is 16.0. The number of aromatic amines is 1. The van der Waals surface area contributed by atoms with Gasteiger partial charge in [-0.1, -0.05) is 0 Å². The molecule has 33 heavy (non-hydrogen) atoms. The number of nitrogen functional groups attached to an aromatic ring is 1. The second-order valence-electron chi connectivity index (χ2n) is 6.84. The van der Waals surface area contributed by atoms with Crippen LogP contribution in [0.4, 0.5) is 5.69 Å². The molecule has 0 spiro atoms. The number of pyridine rings is 1. The molecular weight excluding hydrogens is 426 g/mol. The van der Waals surface area contributed by atoms with Crippen LogP contribution in [-0.2, 0) is 0 Å². The van der Waals surface area contributed by atoms with Gasteiger partial charge >= 0.3 is 5.69 Å². The van der Waals surface area contributed by atoms with Crippen molar-refractivity contribution in [2.75, 3.05) is 19.5 Å². The molecule has 12 nitrogen and oxygen atoms in total. The van der Waals surface area contributed by atoms with Gasteiger partial charge < -0.3 is 20.5 Å². The number of aromatic nitrogens is 6. The summed E-state index contributed by atoms with van der Waals surface area (Å²) in [5.41, 5.74) is 7.04. The van der Waals surface area contributed by atoms with Gasteiger partial charge in [0.2, 0.25) is 11.8 Å². The van der Waals surface area contributed by atoms with E-state index in [0.29, 0.717) is 34.4 Å². The fourth-order valence-corrected chi connectivity index (χ4v) is 3.12. The Labute approximate surface area is 188 Å². The molecule has 4 aromatic rings. The van der Waals surface area contributed by atoms with Gasteiger partial charge in [0.15, 0.2) is 11.6 Å². The van der Waals surface area contributed by atoms with Crippen molar-refractivity contribution >= 4 is 11.5 Å². The molecule has 1 aromatic carbocycles. The third-order valence-electron chi connectivity index (χ3n) is 4.73. The minimum Gasteiger partial charge on any atom is -0.481 e. The second kappa shape index (κ2) is 9.18. The van der Waals surface area contributed by atoms with Gasteiger partial charge in [-0.3, -0.25) is 15.4 Å². The van der Waals surface area contributed by atoms with Crippen molar-refractivity contribution in [3.05, 3.63) is 82.4 Å². The van der Waals surface area contributed by atoms with Crippen molar-refractivity contribution in [3.8, 4) is 17.6 Å². The first kappa shape index (κ1) is 21.5. The van der Waals surface area contributed by atoms with Crippen molar-refractivity contribution in [1.29, 1.82) is 5.41 Å². The first-order valence-corrected chi connectivity index (χ1v) is 9.75. The van der Waals surface area contributed by atoms with Gasteiger partial charge in [-0.05, 0) is 29.8 Å². The quantitative estimate of drug-likeness (QED) is 0.229. The highest BCUT2D eigenvalue weighted by Crippen LogP contribution is 2.29. The number of nitrogens with zero attached hydrogens (tertiary/aromatic N) is 5. The van der Waals surface area contributed by atoms with E-state index < -0.39 is 11.7 Å². The largest absolute Gasteiger partial charge is 0.481 e. The van der Waals surface area contributed by atoms with Gasteiger partial charge in [-0.25, -0.2) is 9.78 Å². The maximum atomic E-state index is 12.6. The maximum absolute atomic E-state index is 12.6. The Morgan fingerprint density at radius 2 is 1.85 bits per heavy atom. The summed E-state index contributed by atoms with van der Waals surface area (Å²) < 4.78 is 11.7. The third kappa shape index (κ3) is 4.63. The summed E-state index contributed by atoms with van der Waals surface area (Å²) in [4.78, 5) is 27.8. The second-order valence-corrected chi connectivity index (χ2v) is 6.84. The normalized spacial score (nSPS) is 11.6. The summed E-state index contributed by atoms with van der Waals surface area (Å²) in [6.45, 7) is 0. The molecule has 12 heteroatoms. The minimum atomic E-state index is -0.621. The standard InChI is InChI=1S/C21H21N9O3/c1-32-16-9-13(10-17(27-16)33-2)18(26-14-5-3-12(4-6-14)19(22)23)20-28-21(31)30(29-20)15-11-24-7-8-25-15/h3-11,18,26H,1-2H3,(H3,22,23)(H,28,29,31). The summed E-state index contributed by atoms with van der Waals surface area (Å²) in [7, 11) is 3.00. The topological polar surface area (TPSA) is 170 Å². The molecule has 168 valence electrons. The molecule has 1 unspecified atom stereocenters. The van der Waals surface area contributed by atoms with Crippen molar-refractivity contribution in [2.45, 2.75) is 6.04 Å². The number of rotatable bonds is 8. The number of nitrogens with two attached hydrogens (primary N) is 1. The van der Waals surface area contributed by atoms with Crippen LogP contribution in [0.15, 0.2) is 59.8 Å². The Morgan fingerprint density at radius 1 is 1.15 bits per heavy atom. The Bertz CT molecular complexity index is 1290. The highest BCUT2D eigenvalue weighted by Gasteiger charge is 2.22. The lowest BCUT2D eigenvalue weighted by Crippen LogP contribution is -2.17. The molecular formula is C21H21N9O3. The summed E-state index contributed by atoms with van der Waals surface area (Å²) >= 11 is 0. The van der Waals surface area contributed by atoms with Gasteiger partial charge in [0, 0.05) is 35.8 Å². The zero-order chi connectivity index (χ0) is 23.4. The smallest absolute Gasteiger partial charge is 0.349 e. The van der Waals surface area contributed by atoms with Gasteiger partial charge in [0.1, 0.15) is 11.9 Å². The predicted molar refractivity (Wildman–Crippen MR) is 120 cm³/mol. The molecule has 1 atom stereocenters. The van der Waals surface area contributed by atoms with E-state index in [1.807, 2.05) is 0 Å². The van der Waals surface area contributed by atoms with Crippen LogP contribution in [0.5, 0.6) is 11.8 Å². The summed E-state index contributed by atoms with van der Waals surface area (Å²) in [5.74, 6) is 1.22. The fourth-order valence-electron chi connectivity index (χ4n) is 3.12. The van der Waals surface area contributed by atoms with Gasteiger partial charge in [-0.15, -0.1) is 5.10 Å². The van der Waals surface area contributed by atoms with Gasteiger partial charge in [-0.2, -0.15) is 9.67 Å². The van der Waals surface area contributed by atoms with Crippen molar-refractivity contribution in [2.24, 2.45) is 5.73 Å². The highest BCUT2D eigenvalue weighted by molar-refractivity contribution is 5.95. The first-order valence-electron chi connectivity index (χ1n) is 9.75. The number of hydrogen-bond acceptors (Lipinski definition) is 9. The van der Waals surface area contributed by atoms with E-state index in [9.17, 15) is 4.79 Å². The van der Waals surface area contributed by atoms with Crippen LogP contribution in [0.3, 0.4) is 0 Å². The van der Waals surface area contributed by atoms with Crippen LogP contribution in [0.1, 0.15) is 23.0 Å². The summed E-state index contributed by atoms with van der Waals surface area (Å²) in [5, 5.41) is 15.4. The van der Waals surface area contributed by atoms with E-state index in [1.165, 1.54) is 32.8 Å². The number of anilines is 1. The van der Waals surface area contributed by atoms with Crippen LogP contribution in [-0.4, -0.2) is 49.8 Å². The molecule has 0 aliphatic heterocycles. The molecule has 0 saturated carbocycles. The number of hydrogen-bond donors (Lipinski definition) is 4. The molecule has 0 saturated heterocycles. The molecule has 3 heterocycles. The zero-order valence-corrected chi connectivity index (χ0v) is 17.8. The number of benzene rings is 1. The number of amidine groups is 1. The van der Waals surface area contributed by atoms with E-state index >= 15 is 0 Å². The molecule has 0 amide bonds. The Kier molecular flexibility index (Phi) is 5.98. The molecule has 0 bridgehead atoms. The van der Waals surface area contributed by atoms with Crippen LogP contribution in [0.25, 0.3) is 5.82 Å².